The topological polar surface area (TPSA) is 71.5 Å². The first-order valence-corrected chi connectivity index (χ1v) is 9.07. The highest BCUT2D eigenvalue weighted by molar-refractivity contribution is 5.78. The summed E-state index contributed by atoms with van der Waals surface area (Å²) in [6, 6.07) is 5.81. The minimum atomic E-state index is 0.0192. The summed E-state index contributed by atoms with van der Waals surface area (Å²) in [7, 11) is 0. The smallest absolute Gasteiger partial charge is 0.224 e. The van der Waals surface area contributed by atoms with Crippen molar-refractivity contribution in [2.24, 2.45) is 11.8 Å². The molecule has 0 aliphatic carbocycles. The van der Waals surface area contributed by atoms with Crippen LogP contribution in [0.25, 0.3) is 0 Å². The quantitative estimate of drug-likeness (QED) is 0.835. The van der Waals surface area contributed by atoms with Gasteiger partial charge in [-0.1, -0.05) is 19.0 Å². The van der Waals surface area contributed by atoms with E-state index in [4.69, 9.17) is 8.94 Å². The molecule has 0 spiro atoms. The first-order valence-electron chi connectivity index (χ1n) is 9.07. The summed E-state index contributed by atoms with van der Waals surface area (Å²) < 4.78 is 10.7. The van der Waals surface area contributed by atoms with Crippen molar-refractivity contribution in [3.8, 4) is 0 Å². The lowest BCUT2D eigenvalue weighted by molar-refractivity contribution is -0.127. The number of likely N-dealkylation sites (tertiary alicyclic amines) is 1. The Morgan fingerprint density at radius 2 is 2.32 bits per heavy atom. The van der Waals surface area contributed by atoms with Crippen LogP contribution in [-0.4, -0.2) is 29.1 Å². The molecule has 25 heavy (non-hydrogen) atoms. The molecule has 2 aromatic rings. The van der Waals surface area contributed by atoms with Crippen LogP contribution in [0.5, 0.6) is 0 Å². The molecule has 3 heterocycles. The van der Waals surface area contributed by atoms with Gasteiger partial charge in [0, 0.05) is 19.0 Å². The van der Waals surface area contributed by atoms with Crippen molar-refractivity contribution in [1.82, 2.24) is 15.4 Å². The van der Waals surface area contributed by atoms with E-state index < -0.39 is 0 Å². The number of furan rings is 1. The molecule has 1 aliphatic rings. The number of carbonyl (C=O) groups is 1. The van der Waals surface area contributed by atoms with E-state index in [-0.39, 0.29) is 11.8 Å². The lowest BCUT2D eigenvalue weighted by atomic mass is 9.97. The summed E-state index contributed by atoms with van der Waals surface area (Å²) in [4.78, 5) is 14.8. The molecule has 1 atom stereocenters. The van der Waals surface area contributed by atoms with E-state index in [0.717, 1.165) is 56.1 Å². The molecule has 0 saturated carbocycles. The van der Waals surface area contributed by atoms with E-state index in [1.165, 1.54) is 0 Å². The number of carbonyl (C=O) groups excluding carboxylic acids is 1. The highest BCUT2D eigenvalue weighted by atomic mass is 16.5. The van der Waals surface area contributed by atoms with Gasteiger partial charge in [0.05, 0.1) is 25.3 Å². The van der Waals surface area contributed by atoms with Crippen LogP contribution >= 0.6 is 0 Å². The number of rotatable bonds is 7. The highest BCUT2D eigenvalue weighted by Gasteiger charge is 2.26. The van der Waals surface area contributed by atoms with Crippen LogP contribution < -0.4 is 5.32 Å². The molecule has 0 aromatic carbocycles. The monoisotopic (exact) mass is 345 g/mol. The first-order chi connectivity index (χ1) is 12.1. The Morgan fingerprint density at radius 1 is 1.44 bits per heavy atom. The lowest BCUT2D eigenvalue weighted by Gasteiger charge is -2.31. The second kappa shape index (κ2) is 8.34. The zero-order valence-electron chi connectivity index (χ0n) is 15.0. The molecule has 0 unspecified atom stereocenters. The second-order valence-corrected chi connectivity index (χ2v) is 7.25. The molecule has 1 fully saturated rings. The molecule has 136 valence electrons. The molecule has 2 aromatic heterocycles. The summed E-state index contributed by atoms with van der Waals surface area (Å²) >= 11 is 0. The zero-order chi connectivity index (χ0) is 17.6. The number of hydrogen-bond donors (Lipinski definition) is 1. The van der Waals surface area contributed by atoms with Crippen molar-refractivity contribution in [1.29, 1.82) is 0 Å². The van der Waals surface area contributed by atoms with Crippen molar-refractivity contribution < 1.29 is 13.7 Å². The fraction of sp³-hybridized carbons (Fsp3) is 0.579. The average Bonchev–Trinajstić information content (AvgIpc) is 3.24. The van der Waals surface area contributed by atoms with Crippen LogP contribution in [0.3, 0.4) is 0 Å². The van der Waals surface area contributed by atoms with Gasteiger partial charge in [0.1, 0.15) is 17.2 Å². The largest absolute Gasteiger partial charge is 0.468 e. The average molecular weight is 345 g/mol. The highest BCUT2D eigenvalue weighted by Crippen LogP contribution is 2.19. The van der Waals surface area contributed by atoms with Crippen molar-refractivity contribution in [3.05, 3.63) is 41.7 Å². The van der Waals surface area contributed by atoms with Gasteiger partial charge in [0.15, 0.2) is 0 Å². The van der Waals surface area contributed by atoms with Gasteiger partial charge in [0.2, 0.25) is 5.91 Å². The van der Waals surface area contributed by atoms with Gasteiger partial charge in [-0.05, 0) is 37.4 Å². The maximum Gasteiger partial charge on any atom is 0.224 e. The van der Waals surface area contributed by atoms with E-state index in [0.29, 0.717) is 12.5 Å². The van der Waals surface area contributed by atoms with E-state index in [1.54, 1.807) is 6.26 Å². The predicted molar refractivity (Wildman–Crippen MR) is 93.6 cm³/mol. The molecular formula is C19H27N3O3. The number of nitrogens with one attached hydrogen (secondary N) is 1. The van der Waals surface area contributed by atoms with Gasteiger partial charge in [-0.15, -0.1) is 0 Å². The number of nitrogens with zero attached hydrogens (tertiary/aromatic N) is 2. The summed E-state index contributed by atoms with van der Waals surface area (Å²) in [5.41, 5.74) is 0.784. The van der Waals surface area contributed by atoms with E-state index in [1.807, 2.05) is 18.2 Å². The van der Waals surface area contributed by atoms with Gasteiger partial charge in [-0.3, -0.25) is 9.69 Å². The molecule has 0 radical (unpaired) electrons. The van der Waals surface area contributed by atoms with Crippen molar-refractivity contribution in [2.45, 2.75) is 46.2 Å². The molecule has 6 heteroatoms. The Hall–Kier alpha value is -2.08. The van der Waals surface area contributed by atoms with Gasteiger partial charge in [-0.2, -0.15) is 0 Å². The Balaban J connectivity index is 1.46. The molecule has 6 nitrogen and oxygen atoms in total. The number of aromatic nitrogens is 1. The SMILES string of the molecule is CC(C)Cc1cc(CNC(=O)[C@H]2CCCN(Cc3ccco3)C2)no1. The molecule has 3 rings (SSSR count). The van der Waals surface area contributed by atoms with Crippen molar-refractivity contribution in [2.75, 3.05) is 13.1 Å². The first kappa shape index (κ1) is 17.7. The van der Waals surface area contributed by atoms with Crippen LogP contribution in [0.15, 0.2) is 33.4 Å². The summed E-state index contributed by atoms with van der Waals surface area (Å²) in [5, 5.41) is 7.04. The minimum absolute atomic E-state index is 0.0192. The molecule has 1 amide bonds. The third-order valence-corrected chi connectivity index (χ3v) is 4.50. The molecule has 0 bridgehead atoms. The summed E-state index contributed by atoms with van der Waals surface area (Å²) in [5.74, 6) is 2.46. The maximum atomic E-state index is 12.5. The van der Waals surface area contributed by atoms with Crippen LogP contribution in [0.1, 0.15) is 43.9 Å². The second-order valence-electron chi connectivity index (χ2n) is 7.25. The van der Waals surface area contributed by atoms with Gasteiger partial charge in [-0.25, -0.2) is 0 Å². The van der Waals surface area contributed by atoms with E-state index >= 15 is 0 Å². The summed E-state index contributed by atoms with van der Waals surface area (Å²) in [6.07, 6.45) is 4.51. The Morgan fingerprint density at radius 3 is 3.08 bits per heavy atom. The van der Waals surface area contributed by atoms with Crippen LogP contribution in [0.4, 0.5) is 0 Å². The number of amides is 1. The van der Waals surface area contributed by atoms with Gasteiger partial charge in [0.25, 0.3) is 0 Å². The molecule has 1 saturated heterocycles. The van der Waals surface area contributed by atoms with E-state index in [9.17, 15) is 4.79 Å². The summed E-state index contributed by atoms with van der Waals surface area (Å²) in [6.45, 7) is 7.24. The van der Waals surface area contributed by atoms with Crippen LogP contribution in [0, 0.1) is 11.8 Å². The molecule has 1 aliphatic heterocycles. The standard InChI is InChI=1S/C19H27N3O3/c1-14(2)9-18-10-16(21-25-18)11-20-19(23)15-5-3-7-22(12-15)13-17-6-4-8-24-17/h4,6,8,10,14-15H,3,5,7,9,11-13H2,1-2H3,(H,20,23)/t15-/m0/s1. The third-order valence-electron chi connectivity index (χ3n) is 4.50. The number of piperidine rings is 1. The van der Waals surface area contributed by atoms with Crippen molar-refractivity contribution in [3.63, 3.8) is 0 Å². The normalized spacial score (nSPS) is 18.6. The minimum Gasteiger partial charge on any atom is -0.468 e. The third kappa shape index (κ3) is 5.19. The Labute approximate surface area is 148 Å². The maximum absolute atomic E-state index is 12.5. The fourth-order valence-electron chi connectivity index (χ4n) is 3.30. The Bertz CT molecular complexity index is 663. The lowest BCUT2D eigenvalue weighted by Crippen LogP contribution is -2.42. The molecule has 1 N–H and O–H groups in total. The molecular weight excluding hydrogens is 318 g/mol. The van der Waals surface area contributed by atoms with Crippen molar-refractivity contribution >= 4 is 5.91 Å². The van der Waals surface area contributed by atoms with E-state index in [2.05, 4.69) is 29.2 Å². The Kier molecular flexibility index (Phi) is 5.91. The van der Waals surface area contributed by atoms with Gasteiger partial charge < -0.3 is 14.3 Å². The van der Waals surface area contributed by atoms with Crippen LogP contribution in [-0.2, 0) is 24.3 Å². The predicted octanol–water partition coefficient (Wildman–Crippen LogP) is 2.99. The van der Waals surface area contributed by atoms with Gasteiger partial charge >= 0.3 is 0 Å². The fourth-order valence-corrected chi connectivity index (χ4v) is 3.30. The number of hydrogen-bond acceptors (Lipinski definition) is 5. The zero-order valence-corrected chi connectivity index (χ0v) is 15.0. The van der Waals surface area contributed by atoms with Crippen LogP contribution in [0.2, 0.25) is 0 Å².